The van der Waals surface area contributed by atoms with Gasteiger partial charge in [0, 0.05) is 18.5 Å². The zero-order valence-electron chi connectivity index (χ0n) is 12.6. The molecule has 10 heteroatoms. The molecular formula is C14H13N5O2S3. The molecule has 0 unspecified atom stereocenters. The Kier molecular flexibility index (Phi) is 5.38. The van der Waals surface area contributed by atoms with Crippen LogP contribution in [0.5, 0.6) is 0 Å². The van der Waals surface area contributed by atoms with Crippen molar-refractivity contribution in [3.05, 3.63) is 44.6 Å². The molecule has 24 heavy (non-hydrogen) atoms. The van der Waals surface area contributed by atoms with Crippen LogP contribution in [0.2, 0.25) is 0 Å². The number of carbonyl (C=O) groups excluding carboxylic acids is 1. The summed E-state index contributed by atoms with van der Waals surface area (Å²) in [6.45, 7) is 2.32. The van der Waals surface area contributed by atoms with Gasteiger partial charge in [0.25, 0.3) is 11.5 Å². The zero-order chi connectivity index (χ0) is 16.9. The molecule has 2 N–H and O–H groups in total. The van der Waals surface area contributed by atoms with Crippen molar-refractivity contribution in [3.8, 4) is 10.7 Å². The van der Waals surface area contributed by atoms with Crippen molar-refractivity contribution < 1.29 is 4.79 Å². The molecule has 0 saturated carbocycles. The number of amides is 1. The quantitative estimate of drug-likeness (QED) is 0.503. The highest BCUT2D eigenvalue weighted by molar-refractivity contribution is 8.01. The zero-order valence-corrected chi connectivity index (χ0v) is 15.1. The van der Waals surface area contributed by atoms with Crippen LogP contribution in [-0.4, -0.2) is 38.4 Å². The lowest BCUT2D eigenvalue weighted by molar-refractivity contribution is 0.0954. The lowest BCUT2D eigenvalue weighted by Gasteiger charge is -2.04. The first-order chi connectivity index (χ1) is 11.6. The average molecular weight is 379 g/mol. The normalized spacial score (nSPS) is 10.7. The number of nitrogens with zero attached hydrogens (tertiary/aromatic N) is 3. The van der Waals surface area contributed by atoms with Crippen LogP contribution in [0.4, 0.5) is 0 Å². The van der Waals surface area contributed by atoms with Crippen LogP contribution in [0, 0.1) is 6.92 Å². The third-order valence-electron chi connectivity index (χ3n) is 2.92. The minimum absolute atomic E-state index is 0.00654. The number of hydrogen-bond donors (Lipinski definition) is 2. The molecule has 0 aliphatic heterocycles. The monoisotopic (exact) mass is 379 g/mol. The molecule has 0 radical (unpaired) electrons. The Morgan fingerprint density at radius 3 is 2.96 bits per heavy atom. The van der Waals surface area contributed by atoms with Gasteiger partial charge in [0.05, 0.1) is 4.88 Å². The molecule has 124 valence electrons. The molecule has 0 aliphatic rings. The van der Waals surface area contributed by atoms with Gasteiger partial charge >= 0.3 is 0 Å². The van der Waals surface area contributed by atoms with E-state index in [2.05, 4.69) is 25.5 Å². The van der Waals surface area contributed by atoms with Gasteiger partial charge in [-0.05, 0) is 18.4 Å². The van der Waals surface area contributed by atoms with Gasteiger partial charge < -0.3 is 10.3 Å². The number of nitrogens with one attached hydrogen (secondary N) is 2. The summed E-state index contributed by atoms with van der Waals surface area (Å²) in [5, 5.41) is 13.4. The van der Waals surface area contributed by atoms with Crippen molar-refractivity contribution in [2.24, 2.45) is 0 Å². The molecule has 0 fully saturated rings. The maximum Gasteiger partial charge on any atom is 0.264 e. The highest BCUT2D eigenvalue weighted by Gasteiger charge is 2.12. The summed E-state index contributed by atoms with van der Waals surface area (Å²) >= 11 is 4.49. The number of carbonyl (C=O) groups is 1. The predicted molar refractivity (Wildman–Crippen MR) is 95.9 cm³/mol. The van der Waals surface area contributed by atoms with Gasteiger partial charge in [0.15, 0.2) is 4.34 Å². The number of aryl methyl sites for hydroxylation is 1. The van der Waals surface area contributed by atoms with E-state index in [4.69, 9.17) is 0 Å². The van der Waals surface area contributed by atoms with Crippen LogP contribution in [0.1, 0.15) is 15.4 Å². The highest BCUT2D eigenvalue weighted by Crippen LogP contribution is 2.21. The predicted octanol–water partition coefficient (Wildman–Crippen LogP) is 2.18. The summed E-state index contributed by atoms with van der Waals surface area (Å²) in [5.41, 5.74) is -0.439. The number of hydrogen-bond acceptors (Lipinski definition) is 8. The van der Waals surface area contributed by atoms with Gasteiger partial charge in [-0.3, -0.25) is 9.59 Å². The highest BCUT2D eigenvalue weighted by atomic mass is 32.2. The molecule has 0 atom stereocenters. The van der Waals surface area contributed by atoms with Crippen LogP contribution in [0.3, 0.4) is 0 Å². The van der Waals surface area contributed by atoms with Crippen molar-refractivity contribution in [3.63, 3.8) is 0 Å². The molecule has 0 saturated heterocycles. The van der Waals surface area contributed by atoms with Gasteiger partial charge in [-0.25, -0.2) is 4.98 Å². The van der Waals surface area contributed by atoms with Crippen molar-refractivity contribution in [2.75, 3.05) is 12.3 Å². The SMILES string of the molecule is Cc1nnc(SCCNC(=O)c2cnc(-c3cccs3)[nH]c2=O)s1. The average Bonchev–Trinajstić information content (AvgIpc) is 3.23. The van der Waals surface area contributed by atoms with E-state index in [1.54, 1.807) is 0 Å². The first-order valence-corrected chi connectivity index (χ1v) is 9.66. The topological polar surface area (TPSA) is 101 Å². The van der Waals surface area contributed by atoms with Gasteiger partial charge in [0.1, 0.15) is 16.4 Å². The van der Waals surface area contributed by atoms with E-state index in [0.29, 0.717) is 18.1 Å². The van der Waals surface area contributed by atoms with Gasteiger partial charge in [0.2, 0.25) is 0 Å². The molecule has 3 aromatic rings. The van der Waals surface area contributed by atoms with Crippen LogP contribution in [0.15, 0.2) is 32.8 Å². The summed E-state index contributed by atoms with van der Waals surface area (Å²) in [5.74, 6) is 0.684. The molecule has 1 amide bonds. The summed E-state index contributed by atoms with van der Waals surface area (Å²) < 4.78 is 0.863. The van der Waals surface area contributed by atoms with E-state index in [1.165, 1.54) is 40.6 Å². The molecule has 0 aromatic carbocycles. The number of thiophene rings is 1. The summed E-state index contributed by atoms with van der Waals surface area (Å²) in [7, 11) is 0. The second-order valence-corrected chi connectivity index (χ2v) is 8.11. The fourth-order valence-electron chi connectivity index (χ4n) is 1.83. The minimum atomic E-state index is -0.446. The molecule has 0 spiro atoms. The Bertz CT molecular complexity index is 888. The van der Waals surface area contributed by atoms with Crippen molar-refractivity contribution >= 4 is 40.3 Å². The second-order valence-electron chi connectivity index (χ2n) is 4.64. The van der Waals surface area contributed by atoms with Crippen LogP contribution >= 0.6 is 34.4 Å². The summed E-state index contributed by atoms with van der Waals surface area (Å²) in [6.07, 6.45) is 1.31. The third kappa shape index (κ3) is 4.08. The molecule has 7 nitrogen and oxygen atoms in total. The van der Waals surface area contributed by atoms with E-state index < -0.39 is 11.5 Å². The Hall–Kier alpha value is -2.04. The number of aromatic amines is 1. The largest absolute Gasteiger partial charge is 0.351 e. The fraction of sp³-hybridized carbons (Fsp3) is 0.214. The van der Waals surface area contributed by atoms with Crippen LogP contribution < -0.4 is 10.9 Å². The number of aromatic nitrogens is 4. The van der Waals surface area contributed by atoms with E-state index >= 15 is 0 Å². The van der Waals surface area contributed by atoms with Crippen molar-refractivity contribution in [1.29, 1.82) is 0 Å². The first-order valence-electron chi connectivity index (χ1n) is 6.98. The molecule has 3 heterocycles. The van der Waals surface area contributed by atoms with Gasteiger partial charge in [-0.1, -0.05) is 29.2 Å². The second kappa shape index (κ2) is 7.69. The minimum Gasteiger partial charge on any atom is -0.351 e. The lowest BCUT2D eigenvalue weighted by atomic mass is 10.3. The molecule has 0 aliphatic carbocycles. The third-order valence-corrected chi connectivity index (χ3v) is 5.77. The molecule has 0 bridgehead atoms. The Balaban J connectivity index is 1.56. The Morgan fingerprint density at radius 2 is 2.29 bits per heavy atom. The maximum atomic E-state index is 12.1. The van der Waals surface area contributed by atoms with Crippen molar-refractivity contribution in [2.45, 2.75) is 11.3 Å². The van der Waals surface area contributed by atoms with E-state index in [9.17, 15) is 9.59 Å². The molecular weight excluding hydrogens is 366 g/mol. The summed E-state index contributed by atoms with van der Waals surface area (Å²) in [6, 6.07) is 3.73. The Morgan fingerprint density at radius 1 is 1.42 bits per heavy atom. The lowest BCUT2D eigenvalue weighted by Crippen LogP contribution is -2.31. The molecule has 3 aromatic heterocycles. The van der Waals surface area contributed by atoms with Crippen LogP contribution in [0.25, 0.3) is 10.7 Å². The standard InChI is InChI=1S/C14H13N5O2S3/c1-8-18-19-14(24-8)23-6-4-15-12(20)9-7-16-11(17-13(9)21)10-3-2-5-22-10/h2-3,5,7H,4,6H2,1H3,(H,15,20)(H,16,17,21). The Labute approximate surface area is 149 Å². The number of H-pyrrole nitrogens is 1. The number of rotatable bonds is 6. The first kappa shape index (κ1) is 16.8. The smallest absolute Gasteiger partial charge is 0.264 e. The maximum absolute atomic E-state index is 12.1. The summed E-state index contributed by atoms with van der Waals surface area (Å²) in [4.78, 5) is 31.8. The fourth-order valence-corrected chi connectivity index (χ4v) is 4.25. The number of thioether (sulfide) groups is 1. The van der Waals surface area contributed by atoms with E-state index in [-0.39, 0.29) is 5.56 Å². The molecule has 3 rings (SSSR count). The van der Waals surface area contributed by atoms with Gasteiger partial charge in [-0.2, -0.15) is 0 Å². The van der Waals surface area contributed by atoms with Gasteiger partial charge in [-0.15, -0.1) is 21.5 Å². The van der Waals surface area contributed by atoms with E-state index in [1.807, 2.05) is 24.4 Å². The van der Waals surface area contributed by atoms with Crippen LogP contribution in [-0.2, 0) is 0 Å². The van der Waals surface area contributed by atoms with E-state index in [0.717, 1.165) is 14.2 Å². The van der Waals surface area contributed by atoms with Crippen molar-refractivity contribution in [1.82, 2.24) is 25.5 Å².